The first-order valence-corrected chi connectivity index (χ1v) is 15.0. The highest BCUT2D eigenvalue weighted by molar-refractivity contribution is 7.17. The lowest BCUT2D eigenvalue weighted by Gasteiger charge is -2.23. The lowest BCUT2D eigenvalue weighted by molar-refractivity contribution is -0.117. The molecule has 0 saturated carbocycles. The van der Waals surface area contributed by atoms with Crippen molar-refractivity contribution in [3.05, 3.63) is 93.9 Å². The molecule has 2 bridgehead atoms. The molecule has 4 aromatic rings. The number of carbonyl (C=O) groups is 2. The Hall–Kier alpha value is -4.12. The van der Waals surface area contributed by atoms with E-state index in [0.29, 0.717) is 49.9 Å². The fourth-order valence-electron chi connectivity index (χ4n) is 5.64. The van der Waals surface area contributed by atoms with Crippen LogP contribution in [0.15, 0.2) is 61.2 Å². The highest BCUT2D eigenvalue weighted by Crippen LogP contribution is 2.38. The van der Waals surface area contributed by atoms with Crippen LogP contribution in [0, 0.1) is 0 Å². The van der Waals surface area contributed by atoms with Gasteiger partial charge in [0.25, 0.3) is 5.91 Å². The third kappa shape index (κ3) is 6.51. The molecular weight excluding hydrogens is 550 g/mol. The maximum Gasteiger partial charge on any atom is 0.251 e. The summed E-state index contributed by atoms with van der Waals surface area (Å²) in [6, 6.07) is 14.6. The number of nitrogens with zero attached hydrogens (tertiary/aromatic N) is 3. The van der Waals surface area contributed by atoms with E-state index in [1.54, 1.807) is 12.4 Å². The minimum Gasteiger partial charge on any atom is -0.491 e. The molecule has 0 fully saturated rings. The zero-order valence-corrected chi connectivity index (χ0v) is 24.1. The Labute approximate surface area is 248 Å². The number of hydrogen-bond donors (Lipinski definition) is 2. The fourth-order valence-corrected chi connectivity index (χ4v) is 6.96. The van der Waals surface area contributed by atoms with E-state index >= 15 is 0 Å². The van der Waals surface area contributed by atoms with Gasteiger partial charge in [0.05, 0.1) is 25.3 Å². The molecule has 0 spiro atoms. The first kappa shape index (κ1) is 28.0. The van der Waals surface area contributed by atoms with Gasteiger partial charge in [0.15, 0.2) is 0 Å². The molecule has 0 saturated heterocycles. The number of aryl methyl sites for hydroxylation is 1. The molecule has 3 N–H and O–H groups in total. The number of anilines is 1. The fraction of sp³-hybridized carbons (Fsp3) is 0.312. The maximum atomic E-state index is 13.2. The molecule has 2 aromatic heterocycles. The first-order valence-electron chi connectivity index (χ1n) is 14.2. The van der Waals surface area contributed by atoms with Crippen molar-refractivity contribution in [2.75, 3.05) is 38.2 Å². The Kier molecular flexibility index (Phi) is 8.55. The third-order valence-electron chi connectivity index (χ3n) is 7.57. The number of nitrogens with two attached hydrogens (primary N) is 1. The Morgan fingerprint density at radius 3 is 2.71 bits per heavy atom. The van der Waals surface area contributed by atoms with Gasteiger partial charge in [-0.2, -0.15) is 0 Å². The molecule has 3 heterocycles. The molecule has 10 heteroatoms. The molecular formula is C32H33N5O4S. The second-order valence-electron chi connectivity index (χ2n) is 10.6. The van der Waals surface area contributed by atoms with Crippen molar-refractivity contribution in [3.63, 3.8) is 0 Å². The molecule has 216 valence electrons. The van der Waals surface area contributed by atoms with Gasteiger partial charge in [-0.25, -0.2) is 9.97 Å². The van der Waals surface area contributed by atoms with Crippen LogP contribution in [0.1, 0.15) is 43.9 Å². The molecule has 0 atom stereocenters. The SMILES string of the molecule is NC(=O)c1c(NC(=O)CN2CCOCCOc3ccc(-c4cncnc4)cc3Cc3cccc(c3)C2)sc2c1CCC2. The number of amides is 2. The summed E-state index contributed by atoms with van der Waals surface area (Å²) in [7, 11) is 0. The number of benzene rings is 2. The Balaban J connectivity index is 1.20. The molecule has 2 amide bonds. The van der Waals surface area contributed by atoms with Gasteiger partial charge in [0.1, 0.15) is 23.7 Å². The highest BCUT2D eigenvalue weighted by atomic mass is 32.1. The second kappa shape index (κ2) is 12.8. The van der Waals surface area contributed by atoms with Crippen molar-refractivity contribution in [2.45, 2.75) is 32.2 Å². The largest absolute Gasteiger partial charge is 0.491 e. The third-order valence-corrected chi connectivity index (χ3v) is 8.78. The summed E-state index contributed by atoms with van der Waals surface area (Å²) in [6.07, 6.45) is 8.58. The van der Waals surface area contributed by atoms with Crippen LogP contribution >= 0.6 is 11.3 Å². The molecule has 1 aliphatic carbocycles. The number of fused-ring (bicyclic) bond motifs is 4. The molecule has 2 aliphatic rings. The maximum absolute atomic E-state index is 13.2. The topological polar surface area (TPSA) is 120 Å². The van der Waals surface area contributed by atoms with E-state index in [1.807, 2.05) is 18.2 Å². The van der Waals surface area contributed by atoms with Crippen LogP contribution in [0.3, 0.4) is 0 Å². The summed E-state index contributed by atoms with van der Waals surface area (Å²) >= 11 is 1.47. The van der Waals surface area contributed by atoms with Crippen LogP contribution in [0.5, 0.6) is 5.75 Å². The van der Waals surface area contributed by atoms with Gasteiger partial charge in [-0.15, -0.1) is 11.3 Å². The first-order chi connectivity index (χ1) is 20.5. The molecule has 1 aliphatic heterocycles. The number of ether oxygens (including phenoxy) is 2. The molecule has 0 radical (unpaired) electrons. The van der Waals surface area contributed by atoms with Gasteiger partial charge in [-0.05, 0) is 59.2 Å². The number of aromatic nitrogens is 2. The molecule has 2 aromatic carbocycles. The molecule has 6 rings (SSSR count). The van der Waals surface area contributed by atoms with Crippen molar-refractivity contribution >= 4 is 28.2 Å². The Morgan fingerprint density at radius 1 is 1.00 bits per heavy atom. The summed E-state index contributed by atoms with van der Waals surface area (Å²) < 4.78 is 12.0. The van der Waals surface area contributed by atoms with Crippen LogP contribution < -0.4 is 15.8 Å². The van der Waals surface area contributed by atoms with E-state index in [-0.39, 0.29) is 12.5 Å². The number of hydrogen-bond acceptors (Lipinski definition) is 8. The summed E-state index contributed by atoms with van der Waals surface area (Å²) in [6.45, 7) is 2.62. The standard InChI is InChI=1S/C32H33N5O4S/c33-31(39)30-26-5-2-6-28(26)42-32(30)36-29(38)19-37-9-10-40-11-12-41-27-8-7-23(25-16-34-20-35-17-25)15-24(27)14-21-3-1-4-22(13-21)18-37/h1,3-4,7-8,13,15-17,20H,2,5-6,9-12,14,18-19H2,(H2,33,39)(H,36,38). The second-order valence-corrected chi connectivity index (χ2v) is 11.7. The summed E-state index contributed by atoms with van der Waals surface area (Å²) in [5, 5.41) is 3.54. The van der Waals surface area contributed by atoms with E-state index in [1.165, 1.54) is 17.7 Å². The summed E-state index contributed by atoms with van der Waals surface area (Å²) in [5.41, 5.74) is 12.4. The predicted molar refractivity (Wildman–Crippen MR) is 162 cm³/mol. The Bertz CT molecular complexity index is 1590. The number of primary amides is 1. The van der Waals surface area contributed by atoms with Gasteiger partial charge < -0.3 is 20.5 Å². The van der Waals surface area contributed by atoms with Crippen molar-refractivity contribution in [3.8, 4) is 16.9 Å². The quantitative estimate of drug-likeness (QED) is 0.361. The van der Waals surface area contributed by atoms with Crippen LogP contribution in [0.25, 0.3) is 11.1 Å². The minimum absolute atomic E-state index is 0.163. The van der Waals surface area contributed by atoms with Gasteiger partial charge in [0, 0.05) is 42.3 Å². The summed E-state index contributed by atoms with van der Waals surface area (Å²) in [5.74, 6) is 0.167. The van der Waals surface area contributed by atoms with E-state index in [9.17, 15) is 9.59 Å². The van der Waals surface area contributed by atoms with Crippen LogP contribution in [-0.2, 0) is 35.3 Å². The van der Waals surface area contributed by atoms with Crippen LogP contribution in [0.4, 0.5) is 5.00 Å². The van der Waals surface area contributed by atoms with Crippen LogP contribution in [-0.4, -0.2) is 59.6 Å². The number of nitrogens with one attached hydrogen (secondary N) is 1. The van der Waals surface area contributed by atoms with Crippen molar-refractivity contribution in [1.29, 1.82) is 0 Å². The average Bonchev–Trinajstić information content (AvgIpc) is 3.56. The van der Waals surface area contributed by atoms with E-state index < -0.39 is 5.91 Å². The number of carbonyl (C=O) groups excluding carboxylic acids is 2. The normalized spacial score (nSPS) is 15.6. The molecule has 42 heavy (non-hydrogen) atoms. The van der Waals surface area contributed by atoms with Gasteiger partial charge in [0.2, 0.25) is 5.91 Å². The van der Waals surface area contributed by atoms with E-state index in [4.69, 9.17) is 15.2 Å². The van der Waals surface area contributed by atoms with Gasteiger partial charge >= 0.3 is 0 Å². The number of rotatable bonds is 5. The van der Waals surface area contributed by atoms with E-state index in [2.05, 4.69) is 44.5 Å². The number of thiophene rings is 1. The van der Waals surface area contributed by atoms with E-state index in [0.717, 1.165) is 63.3 Å². The van der Waals surface area contributed by atoms with Gasteiger partial charge in [-0.1, -0.05) is 30.3 Å². The highest BCUT2D eigenvalue weighted by Gasteiger charge is 2.26. The minimum atomic E-state index is -0.485. The monoisotopic (exact) mass is 583 g/mol. The lowest BCUT2D eigenvalue weighted by Crippen LogP contribution is -2.35. The molecule has 9 nitrogen and oxygen atoms in total. The zero-order chi connectivity index (χ0) is 28.9. The Morgan fingerprint density at radius 2 is 1.86 bits per heavy atom. The molecule has 0 unspecified atom stereocenters. The smallest absolute Gasteiger partial charge is 0.251 e. The van der Waals surface area contributed by atoms with Crippen molar-refractivity contribution in [2.24, 2.45) is 5.73 Å². The van der Waals surface area contributed by atoms with Gasteiger partial charge in [-0.3, -0.25) is 14.5 Å². The average molecular weight is 584 g/mol. The lowest BCUT2D eigenvalue weighted by atomic mass is 9.98. The van der Waals surface area contributed by atoms with Crippen molar-refractivity contribution in [1.82, 2.24) is 14.9 Å². The summed E-state index contributed by atoms with van der Waals surface area (Å²) in [4.78, 5) is 36.9. The van der Waals surface area contributed by atoms with Crippen LogP contribution in [0.2, 0.25) is 0 Å². The van der Waals surface area contributed by atoms with Crippen molar-refractivity contribution < 1.29 is 19.1 Å². The zero-order valence-electron chi connectivity index (χ0n) is 23.3. The predicted octanol–water partition coefficient (Wildman–Crippen LogP) is 4.23.